The van der Waals surface area contributed by atoms with Crippen molar-refractivity contribution in [3.63, 3.8) is 0 Å². The fourth-order valence-corrected chi connectivity index (χ4v) is 1.90. The first-order valence-electron chi connectivity index (χ1n) is 6.52. The molecule has 0 radical (unpaired) electrons. The molecule has 0 aromatic rings. The normalized spacial score (nSPS) is 20.1. The first-order valence-corrected chi connectivity index (χ1v) is 6.52. The number of hydrogen-bond donors (Lipinski definition) is 0. The summed E-state index contributed by atoms with van der Waals surface area (Å²) in [5.41, 5.74) is 0. The van der Waals surface area contributed by atoms with Gasteiger partial charge in [-0.3, -0.25) is 0 Å². The maximum absolute atomic E-state index is 2.41. The van der Waals surface area contributed by atoms with Crippen LogP contribution in [0.3, 0.4) is 0 Å². The van der Waals surface area contributed by atoms with Gasteiger partial charge in [-0.05, 0) is 23.7 Å². The fourth-order valence-electron chi connectivity index (χ4n) is 1.90. The van der Waals surface area contributed by atoms with Gasteiger partial charge in [-0.2, -0.15) is 0 Å². The molecule has 0 aliphatic carbocycles. The Labute approximate surface area is 91.5 Å². The van der Waals surface area contributed by atoms with E-state index in [2.05, 4.69) is 41.5 Å². The van der Waals surface area contributed by atoms with Crippen LogP contribution in [0.5, 0.6) is 0 Å². The average Bonchev–Trinajstić information content (AvgIpc) is 2.22. The van der Waals surface area contributed by atoms with E-state index in [1.165, 1.54) is 25.7 Å². The Morgan fingerprint density at radius 3 is 1.07 bits per heavy atom. The Bertz CT molecular complexity index is 112. The molecule has 0 aromatic heterocycles. The van der Waals surface area contributed by atoms with Gasteiger partial charge in [-0.25, -0.2) is 0 Å². The lowest BCUT2D eigenvalue weighted by Crippen LogP contribution is -2.12. The molecule has 0 N–H and O–H groups in total. The Morgan fingerprint density at radius 1 is 0.571 bits per heavy atom. The van der Waals surface area contributed by atoms with Gasteiger partial charge in [0.15, 0.2) is 0 Å². The van der Waals surface area contributed by atoms with Crippen LogP contribution in [0.1, 0.15) is 67.2 Å². The predicted octanol–water partition coefficient (Wildman–Crippen LogP) is 5.13. The quantitative estimate of drug-likeness (QED) is 0.532. The second kappa shape index (κ2) is 7.31. The maximum Gasteiger partial charge on any atom is -0.0417 e. The number of hydrogen-bond acceptors (Lipinski definition) is 0. The van der Waals surface area contributed by atoms with Gasteiger partial charge < -0.3 is 0 Å². The monoisotopic (exact) mass is 198 g/mol. The summed E-state index contributed by atoms with van der Waals surface area (Å²) in [7, 11) is 0. The Kier molecular flexibility index (Phi) is 7.31. The van der Waals surface area contributed by atoms with Crippen molar-refractivity contribution in [3.05, 3.63) is 0 Å². The zero-order valence-corrected chi connectivity index (χ0v) is 11.1. The molecule has 0 saturated carbocycles. The molecule has 4 atom stereocenters. The molecule has 0 aromatic carbocycles. The molecule has 0 bridgehead atoms. The van der Waals surface area contributed by atoms with Gasteiger partial charge in [0.25, 0.3) is 0 Å². The van der Waals surface area contributed by atoms with E-state index in [1.54, 1.807) is 0 Å². The van der Waals surface area contributed by atoms with Gasteiger partial charge in [0, 0.05) is 0 Å². The smallest absolute Gasteiger partial charge is 0.0417 e. The Hall–Kier alpha value is 0. The zero-order valence-electron chi connectivity index (χ0n) is 11.1. The summed E-state index contributed by atoms with van der Waals surface area (Å²) in [6.07, 6.45) is 5.50. The minimum atomic E-state index is 0.902. The topological polar surface area (TPSA) is 0 Å². The molecular weight excluding hydrogens is 168 g/mol. The summed E-state index contributed by atoms with van der Waals surface area (Å²) in [4.78, 5) is 0. The molecule has 14 heavy (non-hydrogen) atoms. The molecule has 0 rings (SSSR count). The third-order valence-electron chi connectivity index (χ3n) is 4.31. The van der Waals surface area contributed by atoms with Crippen molar-refractivity contribution in [2.75, 3.05) is 0 Å². The molecule has 86 valence electrons. The molecule has 0 heterocycles. The van der Waals surface area contributed by atoms with E-state index in [0.29, 0.717) is 0 Å². The molecule has 0 nitrogen and oxygen atoms in total. The third-order valence-corrected chi connectivity index (χ3v) is 4.31. The molecule has 0 heteroatoms. The van der Waals surface area contributed by atoms with Crippen molar-refractivity contribution in [1.29, 1.82) is 0 Å². The highest BCUT2D eigenvalue weighted by Crippen LogP contribution is 2.26. The Balaban J connectivity index is 3.70. The summed E-state index contributed by atoms with van der Waals surface area (Å²) in [5, 5.41) is 0. The zero-order chi connectivity index (χ0) is 11.1. The second-order valence-corrected chi connectivity index (χ2v) is 5.30. The van der Waals surface area contributed by atoms with Crippen molar-refractivity contribution >= 4 is 0 Å². The van der Waals surface area contributed by atoms with Crippen molar-refractivity contribution < 1.29 is 0 Å². The summed E-state index contributed by atoms with van der Waals surface area (Å²) in [5.74, 6) is 3.62. The second-order valence-electron chi connectivity index (χ2n) is 5.30. The molecule has 0 unspecified atom stereocenters. The first-order chi connectivity index (χ1) is 6.52. The van der Waals surface area contributed by atoms with Crippen LogP contribution >= 0.6 is 0 Å². The van der Waals surface area contributed by atoms with Gasteiger partial charge in [0.05, 0.1) is 0 Å². The van der Waals surface area contributed by atoms with Gasteiger partial charge >= 0.3 is 0 Å². The van der Waals surface area contributed by atoms with E-state index in [9.17, 15) is 0 Å². The van der Waals surface area contributed by atoms with Crippen molar-refractivity contribution in [2.24, 2.45) is 23.7 Å². The van der Waals surface area contributed by atoms with E-state index in [1.807, 2.05) is 0 Å². The molecular formula is C14H30. The third kappa shape index (κ3) is 5.02. The van der Waals surface area contributed by atoms with E-state index >= 15 is 0 Å². The van der Waals surface area contributed by atoms with Gasteiger partial charge in [-0.15, -0.1) is 0 Å². The average molecular weight is 198 g/mol. The highest BCUT2D eigenvalue weighted by atomic mass is 14.2. The Morgan fingerprint density at radius 2 is 0.857 bits per heavy atom. The lowest BCUT2D eigenvalue weighted by Gasteiger charge is -2.23. The van der Waals surface area contributed by atoms with Gasteiger partial charge in [0.2, 0.25) is 0 Å². The van der Waals surface area contributed by atoms with Gasteiger partial charge in [-0.1, -0.05) is 67.2 Å². The van der Waals surface area contributed by atoms with Crippen LogP contribution in [-0.4, -0.2) is 0 Å². The van der Waals surface area contributed by atoms with Crippen molar-refractivity contribution in [3.8, 4) is 0 Å². The maximum atomic E-state index is 2.41. The molecule has 0 saturated heterocycles. The molecule has 0 amide bonds. The fraction of sp³-hybridized carbons (Fsp3) is 1.00. The lowest BCUT2D eigenvalue weighted by molar-refractivity contribution is 0.284. The van der Waals surface area contributed by atoms with E-state index in [-0.39, 0.29) is 0 Å². The minimum absolute atomic E-state index is 0.902. The summed E-state index contributed by atoms with van der Waals surface area (Å²) < 4.78 is 0. The standard InChI is InChI=1S/C14H30/c1-7-11(3)13(5)9-10-14(6)12(4)8-2/h11-14H,7-10H2,1-6H3/t11-,12-,13-,14-/m1/s1. The predicted molar refractivity (Wildman–Crippen MR) is 66.5 cm³/mol. The van der Waals surface area contributed by atoms with Crippen molar-refractivity contribution in [2.45, 2.75) is 67.2 Å². The van der Waals surface area contributed by atoms with E-state index in [4.69, 9.17) is 0 Å². The first kappa shape index (κ1) is 14.0. The SMILES string of the molecule is CC[C@@H](C)[C@H](C)CC[C@@H](C)[C@H](C)CC. The lowest BCUT2D eigenvalue weighted by atomic mass is 9.83. The van der Waals surface area contributed by atoms with Crippen LogP contribution < -0.4 is 0 Å². The van der Waals surface area contributed by atoms with Crippen LogP contribution in [0.2, 0.25) is 0 Å². The highest BCUT2D eigenvalue weighted by molar-refractivity contribution is 4.65. The van der Waals surface area contributed by atoms with Crippen LogP contribution in [0.25, 0.3) is 0 Å². The molecule has 0 aliphatic rings. The molecule has 0 fully saturated rings. The molecule has 0 spiro atoms. The molecule has 0 aliphatic heterocycles. The van der Waals surface area contributed by atoms with Crippen LogP contribution in [0.4, 0.5) is 0 Å². The van der Waals surface area contributed by atoms with Crippen molar-refractivity contribution in [1.82, 2.24) is 0 Å². The summed E-state index contributed by atoms with van der Waals surface area (Å²) in [6.45, 7) is 14.2. The van der Waals surface area contributed by atoms with E-state index in [0.717, 1.165) is 23.7 Å². The van der Waals surface area contributed by atoms with Crippen LogP contribution in [-0.2, 0) is 0 Å². The summed E-state index contributed by atoms with van der Waals surface area (Å²) in [6, 6.07) is 0. The number of rotatable bonds is 7. The minimum Gasteiger partial charge on any atom is -0.0651 e. The summed E-state index contributed by atoms with van der Waals surface area (Å²) >= 11 is 0. The van der Waals surface area contributed by atoms with E-state index < -0.39 is 0 Å². The van der Waals surface area contributed by atoms with Crippen LogP contribution in [0, 0.1) is 23.7 Å². The highest BCUT2D eigenvalue weighted by Gasteiger charge is 2.14. The van der Waals surface area contributed by atoms with Crippen LogP contribution in [0.15, 0.2) is 0 Å². The largest absolute Gasteiger partial charge is 0.0651 e. The van der Waals surface area contributed by atoms with Gasteiger partial charge in [0.1, 0.15) is 0 Å².